The lowest BCUT2D eigenvalue weighted by atomic mass is 10.1. The van der Waals surface area contributed by atoms with E-state index in [-0.39, 0.29) is 0 Å². The van der Waals surface area contributed by atoms with Gasteiger partial charge in [-0.05, 0) is 43.7 Å². The van der Waals surface area contributed by atoms with Crippen LogP contribution in [0.5, 0.6) is 5.75 Å². The molecular weight excluding hydrogens is 188 g/mol. The van der Waals surface area contributed by atoms with Crippen molar-refractivity contribution in [1.29, 1.82) is 0 Å². The minimum absolute atomic E-state index is 0.325. The Morgan fingerprint density at radius 3 is 2.47 bits per heavy atom. The number of hydrogen-bond acceptors (Lipinski definition) is 2. The van der Waals surface area contributed by atoms with Crippen LogP contribution in [0.1, 0.15) is 11.3 Å². The molecule has 0 unspecified atom stereocenters. The van der Waals surface area contributed by atoms with Crippen molar-refractivity contribution in [2.75, 3.05) is 0 Å². The van der Waals surface area contributed by atoms with Crippen LogP contribution in [0.3, 0.4) is 0 Å². The normalized spacial score (nSPS) is 10.6. The highest BCUT2D eigenvalue weighted by Crippen LogP contribution is 2.24. The molecule has 0 amide bonds. The number of nitrogens with zero attached hydrogens (tertiary/aromatic N) is 2. The molecule has 1 aromatic carbocycles. The van der Waals surface area contributed by atoms with Gasteiger partial charge in [0.2, 0.25) is 0 Å². The molecule has 0 bridgehead atoms. The highest BCUT2D eigenvalue weighted by atomic mass is 16.3. The van der Waals surface area contributed by atoms with E-state index < -0.39 is 0 Å². The van der Waals surface area contributed by atoms with Gasteiger partial charge in [-0.25, -0.2) is 0 Å². The Morgan fingerprint density at radius 2 is 1.93 bits per heavy atom. The first-order valence-electron chi connectivity index (χ1n) is 4.88. The smallest absolute Gasteiger partial charge is 0.118 e. The van der Waals surface area contributed by atoms with Crippen molar-refractivity contribution in [3.05, 3.63) is 35.5 Å². The molecule has 0 aliphatic carbocycles. The van der Waals surface area contributed by atoms with Crippen LogP contribution in [0.4, 0.5) is 0 Å². The van der Waals surface area contributed by atoms with Gasteiger partial charge in [0.15, 0.2) is 0 Å². The monoisotopic (exact) mass is 202 g/mol. The summed E-state index contributed by atoms with van der Waals surface area (Å²) in [4.78, 5) is 0. The first kappa shape index (κ1) is 9.77. The molecule has 0 saturated heterocycles. The Kier molecular flexibility index (Phi) is 2.23. The van der Waals surface area contributed by atoms with Crippen molar-refractivity contribution in [2.45, 2.75) is 13.8 Å². The van der Waals surface area contributed by atoms with Gasteiger partial charge in [0.1, 0.15) is 5.75 Å². The van der Waals surface area contributed by atoms with Crippen molar-refractivity contribution in [3.8, 4) is 17.0 Å². The largest absolute Gasteiger partial charge is 0.508 e. The molecular formula is C12H14N2O. The second-order valence-electron chi connectivity index (χ2n) is 3.80. The predicted molar refractivity (Wildman–Crippen MR) is 59.8 cm³/mol. The van der Waals surface area contributed by atoms with Gasteiger partial charge in [-0.2, -0.15) is 5.10 Å². The highest BCUT2D eigenvalue weighted by molar-refractivity contribution is 5.62. The van der Waals surface area contributed by atoms with Crippen molar-refractivity contribution in [3.63, 3.8) is 0 Å². The lowest BCUT2D eigenvalue weighted by Crippen LogP contribution is -1.92. The van der Waals surface area contributed by atoms with Gasteiger partial charge < -0.3 is 5.11 Å². The third-order valence-corrected chi connectivity index (χ3v) is 2.61. The van der Waals surface area contributed by atoms with E-state index in [0.29, 0.717) is 5.75 Å². The van der Waals surface area contributed by atoms with Gasteiger partial charge in [0.25, 0.3) is 0 Å². The van der Waals surface area contributed by atoms with Crippen molar-refractivity contribution >= 4 is 0 Å². The molecule has 0 atom stereocenters. The number of aromatic nitrogens is 2. The van der Waals surface area contributed by atoms with E-state index in [1.807, 2.05) is 43.8 Å². The molecule has 0 aliphatic heterocycles. The highest BCUT2D eigenvalue weighted by Gasteiger charge is 2.05. The zero-order chi connectivity index (χ0) is 11.0. The molecule has 3 heteroatoms. The number of benzene rings is 1. The van der Waals surface area contributed by atoms with Crippen molar-refractivity contribution in [2.24, 2.45) is 7.05 Å². The Labute approximate surface area is 89.0 Å². The maximum Gasteiger partial charge on any atom is 0.118 e. The van der Waals surface area contributed by atoms with Crippen LogP contribution in [0.15, 0.2) is 24.3 Å². The Balaban J connectivity index is 2.49. The van der Waals surface area contributed by atoms with Crippen LogP contribution < -0.4 is 0 Å². The van der Waals surface area contributed by atoms with Gasteiger partial charge >= 0.3 is 0 Å². The van der Waals surface area contributed by atoms with E-state index in [9.17, 15) is 5.11 Å². The summed E-state index contributed by atoms with van der Waals surface area (Å²) in [6.07, 6.45) is 0. The fourth-order valence-corrected chi connectivity index (χ4v) is 1.52. The Morgan fingerprint density at radius 1 is 1.20 bits per heavy atom. The summed E-state index contributed by atoms with van der Waals surface area (Å²) in [5.74, 6) is 0.325. The van der Waals surface area contributed by atoms with Gasteiger partial charge in [0, 0.05) is 18.3 Å². The lowest BCUT2D eigenvalue weighted by molar-refractivity contribution is 0.471. The van der Waals surface area contributed by atoms with Gasteiger partial charge in [-0.3, -0.25) is 4.68 Å². The second kappa shape index (κ2) is 3.42. The molecule has 0 radical (unpaired) electrons. The molecule has 1 aromatic heterocycles. The first-order chi connectivity index (χ1) is 7.08. The van der Waals surface area contributed by atoms with E-state index in [1.165, 1.54) is 0 Å². The van der Waals surface area contributed by atoms with Crippen LogP contribution >= 0.6 is 0 Å². The topological polar surface area (TPSA) is 38.0 Å². The number of phenols is 1. The SMILES string of the molecule is Cc1cc(-c2cc(C)n(C)n2)ccc1O. The molecule has 15 heavy (non-hydrogen) atoms. The van der Waals surface area contributed by atoms with E-state index in [2.05, 4.69) is 5.10 Å². The Hall–Kier alpha value is -1.77. The molecule has 2 rings (SSSR count). The minimum atomic E-state index is 0.325. The summed E-state index contributed by atoms with van der Waals surface area (Å²) < 4.78 is 1.84. The average molecular weight is 202 g/mol. The molecule has 0 aliphatic rings. The molecule has 1 N–H and O–H groups in total. The summed E-state index contributed by atoms with van der Waals surface area (Å²) in [6, 6.07) is 7.56. The number of aromatic hydroxyl groups is 1. The average Bonchev–Trinajstić information content (AvgIpc) is 2.52. The number of aryl methyl sites for hydroxylation is 3. The van der Waals surface area contributed by atoms with Gasteiger partial charge in [-0.1, -0.05) is 0 Å². The molecule has 0 fully saturated rings. The van der Waals surface area contributed by atoms with E-state index in [0.717, 1.165) is 22.5 Å². The number of rotatable bonds is 1. The molecule has 2 aromatic rings. The molecule has 0 spiro atoms. The van der Waals surface area contributed by atoms with E-state index in [4.69, 9.17) is 0 Å². The number of hydrogen-bond donors (Lipinski definition) is 1. The van der Waals surface area contributed by atoms with Gasteiger partial charge in [0.05, 0.1) is 5.69 Å². The third-order valence-electron chi connectivity index (χ3n) is 2.61. The zero-order valence-electron chi connectivity index (χ0n) is 9.15. The summed E-state index contributed by atoms with van der Waals surface area (Å²) in [5.41, 5.74) is 3.97. The fourth-order valence-electron chi connectivity index (χ4n) is 1.52. The molecule has 1 heterocycles. The van der Waals surface area contributed by atoms with Crippen molar-refractivity contribution in [1.82, 2.24) is 9.78 Å². The van der Waals surface area contributed by atoms with Crippen LogP contribution in [0, 0.1) is 13.8 Å². The van der Waals surface area contributed by atoms with Gasteiger partial charge in [-0.15, -0.1) is 0 Å². The second-order valence-corrected chi connectivity index (χ2v) is 3.80. The summed E-state index contributed by atoms with van der Waals surface area (Å²) in [7, 11) is 1.92. The van der Waals surface area contributed by atoms with Crippen LogP contribution in [0.2, 0.25) is 0 Å². The standard InChI is InChI=1S/C12H14N2O/c1-8-6-10(4-5-12(8)15)11-7-9(2)14(3)13-11/h4-7,15H,1-3H3. The first-order valence-corrected chi connectivity index (χ1v) is 4.88. The summed E-state index contributed by atoms with van der Waals surface area (Å²) in [5, 5.41) is 13.8. The van der Waals surface area contributed by atoms with Crippen LogP contribution in [-0.2, 0) is 7.05 Å². The maximum atomic E-state index is 9.42. The zero-order valence-corrected chi connectivity index (χ0v) is 9.15. The van der Waals surface area contributed by atoms with E-state index >= 15 is 0 Å². The Bertz CT molecular complexity index is 481. The van der Waals surface area contributed by atoms with Crippen LogP contribution in [-0.4, -0.2) is 14.9 Å². The predicted octanol–water partition coefficient (Wildman–Crippen LogP) is 2.41. The number of phenolic OH excluding ortho intramolecular Hbond substituents is 1. The maximum absolute atomic E-state index is 9.42. The minimum Gasteiger partial charge on any atom is -0.508 e. The fraction of sp³-hybridized carbons (Fsp3) is 0.250. The molecule has 0 saturated carbocycles. The van der Waals surface area contributed by atoms with Crippen molar-refractivity contribution < 1.29 is 5.11 Å². The lowest BCUT2D eigenvalue weighted by Gasteiger charge is -2.00. The van der Waals surface area contributed by atoms with Crippen LogP contribution in [0.25, 0.3) is 11.3 Å². The van der Waals surface area contributed by atoms with E-state index in [1.54, 1.807) is 6.07 Å². The summed E-state index contributed by atoms with van der Waals surface area (Å²) in [6.45, 7) is 3.90. The molecule has 3 nitrogen and oxygen atoms in total. The molecule has 78 valence electrons. The quantitative estimate of drug-likeness (QED) is 0.771. The summed E-state index contributed by atoms with van der Waals surface area (Å²) >= 11 is 0. The third kappa shape index (κ3) is 1.73.